The molecule has 2 rings (SSSR count). The molecule has 88 valence electrons. The fourth-order valence-corrected chi connectivity index (χ4v) is 2.13. The van der Waals surface area contributed by atoms with E-state index < -0.39 is 0 Å². The van der Waals surface area contributed by atoms with Gasteiger partial charge in [0.05, 0.1) is 13.2 Å². The molecule has 0 aliphatic rings. The molecule has 0 amide bonds. The van der Waals surface area contributed by atoms with Gasteiger partial charge in [0, 0.05) is 11.8 Å². The lowest BCUT2D eigenvalue weighted by Gasteiger charge is -2.07. The lowest BCUT2D eigenvalue weighted by atomic mass is 10.1. The topological polar surface area (TPSA) is 21.6 Å². The maximum absolute atomic E-state index is 5.13. The van der Waals surface area contributed by atoms with Crippen molar-refractivity contribution < 1.29 is 4.74 Å². The second kappa shape index (κ2) is 5.64. The highest BCUT2D eigenvalue weighted by Crippen LogP contribution is 2.20. The van der Waals surface area contributed by atoms with Crippen LogP contribution in [0.15, 0.2) is 46.1 Å². The van der Waals surface area contributed by atoms with E-state index in [-0.39, 0.29) is 6.04 Å². The van der Waals surface area contributed by atoms with E-state index in [1.54, 1.807) is 18.4 Å². The van der Waals surface area contributed by atoms with Crippen LogP contribution in [0.5, 0.6) is 5.75 Å². The van der Waals surface area contributed by atoms with Gasteiger partial charge in [-0.25, -0.2) is 0 Å². The molecule has 1 atom stereocenters. The van der Waals surface area contributed by atoms with Crippen LogP contribution >= 0.6 is 11.3 Å². The number of benzene rings is 1. The molecular weight excluding hydrogens is 230 g/mol. The predicted molar refractivity (Wildman–Crippen MR) is 73.3 cm³/mol. The van der Waals surface area contributed by atoms with Crippen molar-refractivity contribution in [1.82, 2.24) is 0 Å². The second-order valence-electron chi connectivity index (χ2n) is 3.78. The Morgan fingerprint density at radius 1 is 1.24 bits per heavy atom. The van der Waals surface area contributed by atoms with Crippen molar-refractivity contribution in [2.24, 2.45) is 4.99 Å². The van der Waals surface area contributed by atoms with E-state index in [4.69, 9.17) is 4.74 Å². The van der Waals surface area contributed by atoms with Crippen molar-refractivity contribution in [3.8, 4) is 5.75 Å². The van der Waals surface area contributed by atoms with Crippen LogP contribution in [0.2, 0.25) is 0 Å². The summed E-state index contributed by atoms with van der Waals surface area (Å²) in [4.78, 5) is 4.53. The molecule has 3 heteroatoms. The van der Waals surface area contributed by atoms with E-state index in [0.717, 1.165) is 11.3 Å². The summed E-state index contributed by atoms with van der Waals surface area (Å²) in [5.41, 5.74) is 2.35. The molecule has 0 saturated carbocycles. The largest absolute Gasteiger partial charge is 0.497 e. The number of hydrogen-bond acceptors (Lipinski definition) is 3. The summed E-state index contributed by atoms with van der Waals surface area (Å²) < 4.78 is 5.13. The summed E-state index contributed by atoms with van der Waals surface area (Å²) >= 11 is 1.68. The number of methoxy groups -OCH3 is 1. The molecule has 1 aromatic carbocycles. The molecule has 0 bridgehead atoms. The normalized spacial score (nSPS) is 12.8. The quantitative estimate of drug-likeness (QED) is 0.748. The Bertz CT molecular complexity index is 473. The third-order valence-corrected chi connectivity index (χ3v) is 3.29. The lowest BCUT2D eigenvalue weighted by Crippen LogP contribution is -1.91. The SMILES string of the molecule is COc1ccc([C@H](C)N=Cc2ccsc2)cc1. The zero-order chi connectivity index (χ0) is 12.1. The Labute approximate surface area is 106 Å². The monoisotopic (exact) mass is 245 g/mol. The summed E-state index contributed by atoms with van der Waals surface area (Å²) in [7, 11) is 1.67. The molecule has 2 nitrogen and oxygen atoms in total. The van der Waals surface area contributed by atoms with Gasteiger partial charge in [-0.2, -0.15) is 11.3 Å². The van der Waals surface area contributed by atoms with Crippen molar-refractivity contribution in [2.75, 3.05) is 7.11 Å². The highest BCUT2D eigenvalue weighted by Gasteiger charge is 2.02. The zero-order valence-corrected chi connectivity index (χ0v) is 10.8. The fourth-order valence-electron chi connectivity index (χ4n) is 1.51. The molecule has 0 fully saturated rings. The van der Waals surface area contributed by atoms with Gasteiger partial charge in [0.2, 0.25) is 0 Å². The van der Waals surface area contributed by atoms with E-state index in [2.05, 4.69) is 40.9 Å². The van der Waals surface area contributed by atoms with Crippen LogP contribution in [0.3, 0.4) is 0 Å². The maximum Gasteiger partial charge on any atom is 0.118 e. The lowest BCUT2D eigenvalue weighted by molar-refractivity contribution is 0.414. The van der Waals surface area contributed by atoms with E-state index in [9.17, 15) is 0 Å². The number of thiophene rings is 1. The standard InChI is InChI=1S/C14H15NOS/c1-11(15-9-12-7-8-17-10-12)13-3-5-14(16-2)6-4-13/h3-11H,1-2H3/t11-/m0/s1. The van der Waals surface area contributed by atoms with Gasteiger partial charge in [-0.15, -0.1) is 0 Å². The zero-order valence-electron chi connectivity index (χ0n) is 9.96. The van der Waals surface area contributed by atoms with Gasteiger partial charge in [0.15, 0.2) is 0 Å². The average molecular weight is 245 g/mol. The number of hydrogen-bond donors (Lipinski definition) is 0. The Morgan fingerprint density at radius 3 is 2.59 bits per heavy atom. The molecule has 0 aliphatic carbocycles. The highest BCUT2D eigenvalue weighted by atomic mass is 32.1. The van der Waals surface area contributed by atoms with Gasteiger partial charge in [-0.3, -0.25) is 4.99 Å². The van der Waals surface area contributed by atoms with Gasteiger partial charge in [-0.1, -0.05) is 12.1 Å². The summed E-state index contributed by atoms with van der Waals surface area (Å²) in [6, 6.07) is 10.3. The van der Waals surface area contributed by atoms with Gasteiger partial charge >= 0.3 is 0 Å². The summed E-state index contributed by atoms with van der Waals surface area (Å²) in [5, 5.41) is 4.14. The first-order valence-electron chi connectivity index (χ1n) is 5.49. The van der Waals surface area contributed by atoms with E-state index in [0.29, 0.717) is 0 Å². The summed E-state index contributed by atoms with van der Waals surface area (Å²) in [5.74, 6) is 0.878. The minimum Gasteiger partial charge on any atom is -0.497 e. The maximum atomic E-state index is 5.13. The van der Waals surface area contributed by atoms with Crippen molar-refractivity contribution >= 4 is 17.6 Å². The van der Waals surface area contributed by atoms with Crippen LogP contribution in [0.1, 0.15) is 24.1 Å². The van der Waals surface area contributed by atoms with Gasteiger partial charge in [-0.05, 0) is 41.4 Å². The number of rotatable bonds is 4. The van der Waals surface area contributed by atoms with E-state index in [1.165, 1.54) is 5.56 Å². The average Bonchev–Trinajstić information content (AvgIpc) is 2.89. The number of aliphatic imine (C=N–C) groups is 1. The molecule has 1 heterocycles. The fraction of sp³-hybridized carbons (Fsp3) is 0.214. The molecule has 0 spiro atoms. The van der Waals surface area contributed by atoms with Crippen LogP contribution in [0.4, 0.5) is 0 Å². The van der Waals surface area contributed by atoms with Gasteiger partial charge < -0.3 is 4.74 Å². The molecule has 0 radical (unpaired) electrons. The van der Waals surface area contributed by atoms with Crippen molar-refractivity contribution in [3.63, 3.8) is 0 Å². The van der Waals surface area contributed by atoms with Crippen LogP contribution in [0.25, 0.3) is 0 Å². The number of nitrogens with zero attached hydrogens (tertiary/aromatic N) is 1. The summed E-state index contributed by atoms with van der Waals surface area (Å²) in [6.07, 6.45) is 1.92. The smallest absolute Gasteiger partial charge is 0.118 e. The Hall–Kier alpha value is -1.61. The molecule has 0 unspecified atom stereocenters. The second-order valence-corrected chi connectivity index (χ2v) is 4.56. The molecule has 0 saturated heterocycles. The first kappa shape index (κ1) is 11.9. The van der Waals surface area contributed by atoms with E-state index in [1.807, 2.05) is 18.3 Å². The van der Waals surface area contributed by atoms with E-state index >= 15 is 0 Å². The van der Waals surface area contributed by atoms with Crippen LogP contribution < -0.4 is 4.74 Å². The van der Waals surface area contributed by atoms with Crippen molar-refractivity contribution in [1.29, 1.82) is 0 Å². The highest BCUT2D eigenvalue weighted by molar-refractivity contribution is 7.08. The first-order valence-corrected chi connectivity index (χ1v) is 6.43. The molecule has 1 aromatic heterocycles. The third-order valence-electron chi connectivity index (χ3n) is 2.59. The van der Waals surface area contributed by atoms with Crippen molar-refractivity contribution in [3.05, 3.63) is 52.2 Å². The van der Waals surface area contributed by atoms with Crippen LogP contribution in [-0.2, 0) is 0 Å². The molecular formula is C14H15NOS. The molecule has 17 heavy (non-hydrogen) atoms. The summed E-state index contributed by atoms with van der Waals surface area (Å²) in [6.45, 7) is 2.09. The molecule has 0 aliphatic heterocycles. The van der Waals surface area contributed by atoms with Crippen LogP contribution in [0, 0.1) is 0 Å². The van der Waals surface area contributed by atoms with Gasteiger partial charge in [0.1, 0.15) is 5.75 Å². The Balaban J connectivity index is 2.06. The molecule has 0 N–H and O–H groups in total. The minimum atomic E-state index is 0.167. The predicted octanol–water partition coefficient (Wildman–Crippen LogP) is 3.94. The molecule has 2 aromatic rings. The Kier molecular flexibility index (Phi) is 3.94. The minimum absolute atomic E-state index is 0.167. The third kappa shape index (κ3) is 3.17. The van der Waals surface area contributed by atoms with Gasteiger partial charge in [0.25, 0.3) is 0 Å². The number of ether oxygens (including phenoxy) is 1. The van der Waals surface area contributed by atoms with Crippen LogP contribution in [-0.4, -0.2) is 13.3 Å². The van der Waals surface area contributed by atoms with Crippen molar-refractivity contribution in [2.45, 2.75) is 13.0 Å². The first-order chi connectivity index (χ1) is 8.29. The Morgan fingerprint density at radius 2 is 2.00 bits per heavy atom.